The fraction of sp³-hybridized carbons (Fsp3) is 0.0500. The smallest absolute Gasteiger partial charge is 0.340 e. The van der Waals surface area contributed by atoms with Crippen molar-refractivity contribution in [2.24, 2.45) is 0 Å². The van der Waals surface area contributed by atoms with Gasteiger partial charge < -0.3 is 25.4 Å². The highest BCUT2D eigenvalue weighted by Gasteiger charge is 2.55. The van der Waals surface area contributed by atoms with Crippen molar-refractivity contribution >= 4 is 102 Å². The van der Waals surface area contributed by atoms with E-state index in [9.17, 15) is 15.0 Å². The van der Waals surface area contributed by atoms with Gasteiger partial charge in [-0.1, -0.05) is 0 Å². The third-order valence-electron chi connectivity index (χ3n) is 5.15. The van der Waals surface area contributed by atoms with Crippen molar-refractivity contribution in [2.75, 3.05) is 5.73 Å². The molecule has 2 aliphatic heterocycles. The topological polar surface area (TPSA) is 102 Å². The van der Waals surface area contributed by atoms with Crippen molar-refractivity contribution in [1.29, 1.82) is 0 Å². The Hall–Kier alpha value is -0.750. The average molecular weight is 851 g/mol. The number of ether oxygens (including phenoxy) is 2. The van der Waals surface area contributed by atoms with Gasteiger partial charge in [-0.25, -0.2) is 4.79 Å². The molecule has 1 spiro atoms. The summed E-state index contributed by atoms with van der Waals surface area (Å²) in [4.78, 5) is 12.9. The number of phenolic OH excluding ortho intramolecular Hbond substituents is 2. The van der Waals surface area contributed by atoms with Gasteiger partial charge in [0.1, 0.15) is 11.5 Å². The number of aromatic hydroxyl groups is 2. The molecule has 30 heavy (non-hydrogen) atoms. The molecule has 0 saturated carbocycles. The van der Waals surface area contributed by atoms with E-state index >= 15 is 0 Å². The first-order chi connectivity index (χ1) is 14.2. The lowest BCUT2D eigenvalue weighted by molar-refractivity contribution is 0.0222. The van der Waals surface area contributed by atoms with Gasteiger partial charge in [-0.2, -0.15) is 0 Å². The van der Waals surface area contributed by atoms with E-state index < -0.39 is 11.6 Å². The maximum Gasteiger partial charge on any atom is 0.340 e. The second-order valence-electron chi connectivity index (χ2n) is 6.77. The second kappa shape index (κ2) is 7.13. The third kappa shape index (κ3) is 2.71. The zero-order chi connectivity index (χ0) is 21.5. The Morgan fingerprint density at radius 1 is 0.833 bits per heavy atom. The second-order valence-corrected chi connectivity index (χ2v) is 11.3. The molecule has 0 amide bonds. The third-order valence-corrected chi connectivity index (χ3v) is 8.80. The van der Waals surface area contributed by atoms with E-state index in [4.69, 9.17) is 15.2 Å². The minimum Gasteiger partial charge on any atom is -0.506 e. The fourth-order valence-electron chi connectivity index (χ4n) is 3.83. The Morgan fingerprint density at radius 3 is 1.90 bits per heavy atom. The van der Waals surface area contributed by atoms with Crippen LogP contribution in [0, 0.1) is 14.3 Å². The summed E-state index contributed by atoms with van der Waals surface area (Å²) in [5.41, 5.74) is 7.48. The number of anilines is 1. The van der Waals surface area contributed by atoms with Crippen LogP contribution in [0.15, 0.2) is 30.3 Å². The van der Waals surface area contributed by atoms with E-state index in [1.165, 1.54) is 0 Å². The number of carbonyl (C=O) groups is 1. The molecule has 5 rings (SSSR count). The van der Waals surface area contributed by atoms with E-state index in [1.807, 2.05) is 90.4 Å². The molecule has 0 fully saturated rings. The molecule has 0 aliphatic carbocycles. The van der Waals surface area contributed by atoms with E-state index in [0.29, 0.717) is 53.7 Å². The number of benzene rings is 3. The van der Waals surface area contributed by atoms with Crippen LogP contribution in [0.25, 0.3) is 0 Å². The molecule has 0 radical (unpaired) electrons. The largest absolute Gasteiger partial charge is 0.506 e. The molecular formula is C20H9I4NO5. The molecule has 3 aromatic carbocycles. The SMILES string of the molecule is Nc1ccc2c(c1)C1(OC2=O)c2cc(I)c(O)c(I)c2Oc2c1cc(I)c(O)c2I. The van der Waals surface area contributed by atoms with E-state index in [-0.39, 0.29) is 11.5 Å². The Balaban J connectivity index is 2.00. The summed E-state index contributed by atoms with van der Waals surface area (Å²) in [7, 11) is 0. The normalized spacial score (nSPS) is 15.3. The fourth-order valence-corrected chi connectivity index (χ4v) is 7.41. The van der Waals surface area contributed by atoms with Crippen LogP contribution in [0.2, 0.25) is 0 Å². The minimum absolute atomic E-state index is 0.0791. The first-order valence-electron chi connectivity index (χ1n) is 8.41. The molecule has 0 atom stereocenters. The summed E-state index contributed by atoms with van der Waals surface area (Å²) in [6.45, 7) is 0. The lowest BCUT2D eigenvalue weighted by atomic mass is 9.77. The quantitative estimate of drug-likeness (QED) is 0.153. The number of esters is 1. The number of nitrogen functional groups attached to an aromatic ring is 1. The van der Waals surface area contributed by atoms with Gasteiger partial charge in [0, 0.05) is 11.3 Å². The van der Waals surface area contributed by atoms with E-state index in [1.54, 1.807) is 30.3 Å². The van der Waals surface area contributed by atoms with Gasteiger partial charge in [-0.15, -0.1) is 0 Å². The van der Waals surface area contributed by atoms with Crippen LogP contribution in [0.1, 0.15) is 27.0 Å². The minimum atomic E-state index is -1.31. The molecule has 3 aromatic rings. The first-order valence-corrected chi connectivity index (χ1v) is 12.7. The number of fused-ring (bicyclic) bond motifs is 6. The monoisotopic (exact) mass is 851 g/mol. The van der Waals surface area contributed by atoms with E-state index in [2.05, 4.69) is 0 Å². The van der Waals surface area contributed by atoms with Crippen LogP contribution in [0.5, 0.6) is 23.0 Å². The summed E-state index contributed by atoms with van der Waals surface area (Å²) in [6.07, 6.45) is 0. The van der Waals surface area contributed by atoms with Crippen LogP contribution >= 0.6 is 90.4 Å². The number of carbonyl (C=O) groups excluding carboxylic acids is 1. The molecular weight excluding hydrogens is 842 g/mol. The Labute approximate surface area is 225 Å². The molecule has 2 aliphatic rings. The molecule has 152 valence electrons. The molecule has 0 aromatic heterocycles. The predicted octanol–water partition coefficient (Wildman–Crippen LogP) is 5.67. The average Bonchev–Trinajstić information content (AvgIpc) is 2.99. The molecule has 0 unspecified atom stereocenters. The number of nitrogens with two attached hydrogens (primary N) is 1. The molecule has 6 nitrogen and oxygen atoms in total. The number of halogens is 4. The first kappa shape index (κ1) is 21.1. The lowest BCUT2D eigenvalue weighted by Crippen LogP contribution is -2.34. The molecule has 0 saturated heterocycles. The highest BCUT2D eigenvalue weighted by molar-refractivity contribution is 14.1. The van der Waals surface area contributed by atoms with Gasteiger partial charge >= 0.3 is 5.97 Å². The zero-order valence-corrected chi connectivity index (χ0v) is 23.2. The van der Waals surface area contributed by atoms with Crippen molar-refractivity contribution in [2.45, 2.75) is 5.60 Å². The Bertz CT molecular complexity index is 1240. The molecule has 0 bridgehead atoms. The standard InChI is InChI=1S/C20H9I4NO5/c21-11-4-9-17(13(23)15(11)26)29-18-10(5-12(22)16(27)14(18)24)20(9)8-3-6(25)1-2-7(8)19(28)30-20/h1-5,26-27H,25H2. The summed E-state index contributed by atoms with van der Waals surface area (Å²) in [6, 6.07) is 8.57. The number of hydrogen-bond acceptors (Lipinski definition) is 6. The van der Waals surface area contributed by atoms with E-state index in [0.717, 1.165) is 0 Å². The van der Waals surface area contributed by atoms with Gasteiger partial charge in [0.2, 0.25) is 0 Å². The maximum atomic E-state index is 12.9. The van der Waals surface area contributed by atoms with Crippen molar-refractivity contribution in [3.63, 3.8) is 0 Å². The van der Waals surface area contributed by atoms with Crippen molar-refractivity contribution in [3.05, 3.63) is 66.9 Å². The van der Waals surface area contributed by atoms with Gasteiger partial charge in [0.05, 0.1) is 31.0 Å². The Morgan fingerprint density at radius 2 is 1.37 bits per heavy atom. The molecule has 4 N–H and O–H groups in total. The predicted molar refractivity (Wildman–Crippen MR) is 143 cm³/mol. The van der Waals surface area contributed by atoms with Crippen LogP contribution in [-0.2, 0) is 10.3 Å². The van der Waals surface area contributed by atoms with Crippen LogP contribution in [0.4, 0.5) is 5.69 Å². The highest BCUT2D eigenvalue weighted by Crippen LogP contribution is 2.60. The summed E-state index contributed by atoms with van der Waals surface area (Å²) in [5, 5.41) is 21.1. The summed E-state index contributed by atoms with van der Waals surface area (Å²) >= 11 is 8.09. The van der Waals surface area contributed by atoms with Crippen LogP contribution < -0.4 is 10.5 Å². The van der Waals surface area contributed by atoms with Crippen LogP contribution in [0.3, 0.4) is 0 Å². The molecule has 2 heterocycles. The number of hydrogen-bond donors (Lipinski definition) is 3. The number of phenols is 2. The van der Waals surface area contributed by atoms with Gasteiger partial charge in [-0.3, -0.25) is 0 Å². The van der Waals surface area contributed by atoms with Gasteiger partial charge in [0.25, 0.3) is 0 Å². The zero-order valence-electron chi connectivity index (χ0n) is 14.6. The number of rotatable bonds is 0. The van der Waals surface area contributed by atoms with Gasteiger partial charge in [-0.05, 0) is 121 Å². The van der Waals surface area contributed by atoms with Crippen LogP contribution in [-0.4, -0.2) is 16.2 Å². The summed E-state index contributed by atoms with van der Waals surface area (Å²) in [5.74, 6) is 0.441. The highest BCUT2D eigenvalue weighted by atomic mass is 127. The summed E-state index contributed by atoms with van der Waals surface area (Å²) < 4.78 is 14.5. The van der Waals surface area contributed by atoms with Crippen molar-refractivity contribution in [1.82, 2.24) is 0 Å². The lowest BCUT2D eigenvalue weighted by Gasteiger charge is -2.38. The molecule has 10 heteroatoms. The van der Waals surface area contributed by atoms with Crippen molar-refractivity contribution < 1.29 is 24.5 Å². The van der Waals surface area contributed by atoms with Gasteiger partial charge in [0.15, 0.2) is 17.1 Å². The van der Waals surface area contributed by atoms with Crippen molar-refractivity contribution in [3.8, 4) is 23.0 Å². The maximum absolute atomic E-state index is 12.9. The Kier molecular flexibility index (Phi) is 5.02.